The Hall–Kier alpha value is -0.570. The SMILES string of the molecule is CCC(=O)OCC(C)C(O)C(C)(C)CC. The van der Waals surface area contributed by atoms with Crippen LogP contribution in [0.15, 0.2) is 0 Å². The third-order valence-corrected chi connectivity index (χ3v) is 3.05. The van der Waals surface area contributed by atoms with E-state index in [9.17, 15) is 9.90 Å². The van der Waals surface area contributed by atoms with E-state index in [0.717, 1.165) is 6.42 Å². The molecule has 0 radical (unpaired) electrons. The van der Waals surface area contributed by atoms with Crippen LogP contribution in [-0.4, -0.2) is 23.8 Å². The highest BCUT2D eigenvalue weighted by Gasteiger charge is 2.30. The van der Waals surface area contributed by atoms with E-state index in [4.69, 9.17) is 4.74 Å². The van der Waals surface area contributed by atoms with E-state index in [2.05, 4.69) is 0 Å². The van der Waals surface area contributed by atoms with Gasteiger partial charge in [-0.2, -0.15) is 0 Å². The zero-order valence-corrected chi connectivity index (χ0v) is 10.5. The van der Waals surface area contributed by atoms with Crippen LogP contribution in [0, 0.1) is 11.3 Å². The maximum absolute atomic E-state index is 11.0. The lowest BCUT2D eigenvalue weighted by Crippen LogP contribution is -2.36. The van der Waals surface area contributed by atoms with Crippen molar-refractivity contribution in [1.82, 2.24) is 0 Å². The highest BCUT2D eigenvalue weighted by Crippen LogP contribution is 2.29. The topological polar surface area (TPSA) is 46.5 Å². The fourth-order valence-corrected chi connectivity index (χ4v) is 1.40. The summed E-state index contributed by atoms with van der Waals surface area (Å²) in [5.74, 6) is -0.223. The summed E-state index contributed by atoms with van der Waals surface area (Å²) in [5, 5.41) is 10.0. The lowest BCUT2D eigenvalue weighted by molar-refractivity contribution is -0.146. The van der Waals surface area contributed by atoms with Crippen LogP contribution in [0.25, 0.3) is 0 Å². The minimum absolute atomic E-state index is 0.0181. The molecule has 0 fully saturated rings. The van der Waals surface area contributed by atoms with E-state index < -0.39 is 6.10 Å². The molecule has 90 valence electrons. The molecule has 0 rings (SSSR count). The Morgan fingerprint density at radius 1 is 1.40 bits per heavy atom. The minimum atomic E-state index is -0.438. The number of rotatable bonds is 6. The molecule has 0 amide bonds. The average molecular weight is 216 g/mol. The maximum Gasteiger partial charge on any atom is 0.305 e. The summed E-state index contributed by atoms with van der Waals surface area (Å²) >= 11 is 0. The van der Waals surface area contributed by atoms with Crippen molar-refractivity contribution < 1.29 is 14.6 Å². The highest BCUT2D eigenvalue weighted by atomic mass is 16.5. The molecular formula is C12H24O3. The first-order valence-corrected chi connectivity index (χ1v) is 5.68. The Kier molecular flexibility index (Phi) is 5.88. The van der Waals surface area contributed by atoms with Crippen molar-refractivity contribution in [2.24, 2.45) is 11.3 Å². The zero-order chi connectivity index (χ0) is 12.1. The van der Waals surface area contributed by atoms with Gasteiger partial charge in [-0.15, -0.1) is 0 Å². The van der Waals surface area contributed by atoms with Gasteiger partial charge in [0.05, 0.1) is 12.7 Å². The van der Waals surface area contributed by atoms with Gasteiger partial charge < -0.3 is 9.84 Å². The summed E-state index contributed by atoms with van der Waals surface area (Å²) in [7, 11) is 0. The summed E-state index contributed by atoms with van der Waals surface area (Å²) in [4.78, 5) is 11.0. The molecule has 3 heteroatoms. The van der Waals surface area contributed by atoms with Gasteiger partial charge in [0.25, 0.3) is 0 Å². The van der Waals surface area contributed by atoms with Crippen LogP contribution in [0.1, 0.15) is 47.5 Å². The molecule has 0 aromatic heterocycles. The molecule has 0 aliphatic heterocycles. The Labute approximate surface area is 92.8 Å². The molecule has 2 unspecified atom stereocenters. The number of hydrogen-bond acceptors (Lipinski definition) is 3. The van der Waals surface area contributed by atoms with E-state index in [1.807, 2.05) is 27.7 Å². The van der Waals surface area contributed by atoms with Crippen molar-refractivity contribution in [2.75, 3.05) is 6.61 Å². The van der Waals surface area contributed by atoms with Crippen LogP contribution in [0.3, 0.4) is 0 Å². The standard InChI is InChI=1S/C12H24O3/c1-6-10(13)15-8-9(3)11(14)12(4,5)7-2/h9,11,14H,6-8H2,1-5H3. The number of carbonyl (C=O) groups excluding carboxylic acids is 1. The molecule has 3 nitrogen and oxygen atoms in total. The number of hydrogen-bond donors (Lipinski definition) is 1. The first-order valence-electron chi connectivity index (χ1n) is 5.68. The second kappa shape index (κ2) is 6.11. The van der Waals surface area contributed by atoms with Crippen LogP contribution in [0.2, 0.25) is 0 Å². The van der Waals surface area contributed by atoms with Gasteiger partial charge in [-0.1, -0.05) is 34.6 Å². The Balaban J connectivity index is 4.10. The predicted octanol–water partition coefficient (Wildman–Crippen LogP) is 2.37. The minimum Gasteiger partial charge on any atom is -0.465 e. The van der Waals surface area contributed by atoms with Gasteiger partial charge in [0.2, 0.25) is 0 Å². The normalized spacial score (nSPS) is 15.9. The molecule has 0 saturated carbocycles. The van der Waals surface area contributed by atoms with Crippen LogP contribution in [0.5, 0.6) is 0 Å². The van der Waals surface area contributed by atoms with E-state index in [-0.39, 0.29) is 17.3 Å². The van der Waals surface area contributed by atoms with Crippen LogP contribution >= 0.6 is 0 Å². The second-order valence-corrected chi connectivity index (χ2v) is 4.80. The zero-order valence-electron chi connectivity index (χ0n) is 10.5. The first-order chi connectivity index (χ1) is 6.85. The quantitative estimate of drug-likeness (QED) is 0.693. The fourth-order valence-electron chi connectivity index (χ4n) is 1.40. The van der Waals surface area contributed by atoms with Gasteiger partial charge in [0, 0.05) is 12.3 Å². The Bertz CT molecular complexity index is 199. The lowest BCUT2D eigenvalue weighted by atomic mass is 9.78. The molecule has 0 aliphatic carbocycles. The van der Waals surface area contributed by atoms with Crippen molar-refractivity contribution in [3.63, 3.8) is 0 Å². The molecule has 0 bridgehead atoms. The first kappa shape index (κ1) is 14.4. The van der Waals surface area contributed by atoms with Crippen molar-refractivity contribution in [3.8, 4) is 0 Å². The summed E-state index contributed by atoms with van der Waals surface area (Å²) < 4.78 is 5.01. The predicted molar refractivity (Wildman–Crippen MR) is 60.5 cm³/mol. The van der Waals surface area contributed by atoms with E-state index in [0.29, 0.717) is 13.0 Å². The monoisotopic (exact) mass is 216 g/mol. The van der Waals surface area contributed by atoms with E-state index >= 15 is 0 Å². The summed E-state index contributed by atoms with van der Waals surface area (Å²) in [5.41, 5.74) is -0.127. The highest BCUT2D eigenvalue weighted by molar-refractivity contribution is 5.68. The second-order valence-electron chi connectivity index (χ2n) is 4.80. The molecule has 0 saturated heterocycles. The largest absolute Gasteiger partial charge is 0.465 e. The Morgan fingerprint density at radius 3 is 2.33 bits per heavy atom. The van der Waals surface area contributed by atoms with Crippen molar-refractivity contribution in [1.29, 1.82) is 0 Å². The van der Waals surface area contributed by atoms with Crippen molar-refractivity contribution in [3.05, 3.63) is 0 Å². The molecule has 0 aromatic rings. The van der Waals surface area contributed by atoms with Gasteiger partial charge >= 0.3 is 5.97 Å². The van der Waals surface area contributed by atoms with Crippen LogP contribution < -0.4 is 0 Å². The Morgan fingerprint density at radius 2 is 1.93 bits per heavy atom. The maximum atomic E-state index is 11.0. The smallest absolute Gasteiger partial charge is 0.305 e. The number of aliphatic hydroxyl groups is 1. The van der Waals surface area contributed by atoms with Crippen molar-refractivity contribution >= 4 is 5.97 Å². The van der Waals surface area contributed by atoms with Gasteiger partial charge in [0.15, 0.2) is 0 Å². The molecule has 15 heavy (non-hydrogen) atoms. The van der Waals surface area contributed by atoms with Gasteiger partial charge in [-0.05, 0) is 11.8 Å². The van der Waals surface area contributed by atoms with E-state index in [1.165, 1.54) is 0 Å². The van der Waals surface area contributed by atoms with Crippen molar-refractivity contribution in [2.45, 2.75) is 53.6 Å². The van der Waals surface area contributed by atoms with Gasteiger partial charge in [0.1, 0.15) is 0 Å². The van der Waals surface area contributed by atoms with Gasteiger partial charge in [-0.3, -0.25) is 4.79 Å². The molecule has 0 spiro atoms. The number of ether oxygens (including phenoxy) is 1. The van der Waals surface area contributed by atoms with E-state index in [1.54, 1.807) is 6.92 Å². The summed E-state index contributed by atoms with van der Waals surface area (Å²) in [6.45, 7) is 10.1. The number of carbonyl (C=O) groups is 1. The summed E-state index contributed by atoms with van der Waals surface area (Å²) in [6, 6.07) is 0. The molecule has 2 atom stereocenters. The number of aliphatic hydroxyl groups excluding tert-OH is 1. The lowest BCUT2D eigenvalue weighted by Gasteiger charge is -2.33. The number of esters is 1. The molecular weight excluding hydrogens is 192 g/mol. The average Bonchev–Trinajstić information content (AvgIpc) is 2.23. The molecule has 1 N–H and O–H groups in total. The third kappa shape index (κ3) is 4.65. The third-order valence-electron chi connectivity index (χ3n) is 3.05. The van der Waals surface area contributed by atoms with Crippen LogP contribution in [-0.2, 0) is 9.53 Å². The molecule has 0 aliphatic rings. The van der Waals surface area contributed by atoms with Crippen LogP contribution in [0.4, 0.5) is 0 Å². The van der Waals surface area contributed by atoms with Gasteiger partial charge in [-0.25, -0.2) is 0 Å². The molecule has 0 heterocycles. The fraction of sp³-hybridized carbons (Fsp3) is 0.917. The molecule has 0 aromatic carbocycles. The summed E-state index contributed by atoms with van der Waals surface area (Å²) in [6.07, 6.45) is 0.854.